The molecular weight excluding hydrogens is 214 g/mol. The van der Waals surface area contributed by atoms with Gasteiger partial charge in [0.15, 0.2) is 0 Å². The first-order valence-corrected chi connectivity index (χ1v) is 6.86. The molecule has 1 atom stereocenters. The molecule has 98 valence electrons. The highest BCUT2D eigenvalue weighted by atomic mass is 16.2. The van der Waals surface area contributed by atoms with Crippen LogP contribution in [0.2, 0.25) is 0 Å². The molecule has 2 aliphatic rings. The van der Waals surface area contributed by atoms with Crippen molar-refractivity contribution < 1.29 is 4.79 Å². The first kappa shape index (κ1) is 12.7. The van der Waals surface area contributed by atoms with E-state index in [0.29, 0.717) is 11.5 Å². The van der Waals surface area contributed by atoms with Gasteiger partial charge in [0.25, 0.3) is 0 Å². The van der Waals surface area contributed by atoms with E-state index in [1.54, 1.807) is 0 Å². The predicted octanol–water partition coefficient (Wildman–Crippen LogP) is 1.57. The van der Waals surface area contributed by atoms with Gasteiger partial charge in [-0.05, 0) is 18.3 Å². The van der Waals surface area contributed by atoms with Gasteiger partial charge in [0.2, 0.25) is 0 Å². The lowest BCUT2D eigenvalue weighted by atomic mass is 9.73. The van der Waals surface area contributed by atoms with Gasteiger partial charge in [-0.3, -0.25) is 0 Å². The number of hydrogen-bond donors (Lipinski definition) is 2. The zero-order valence-electron chi connectivity index (χ0n) is 11.1. The number of urea groups is 1. The minimum absolute atomic E-state index is 0.0923. The van der Waals surface area contributed by atoms with E-state index in [4.69, 9.17) is 0 Å². The summed E-state index contributed by atoms with van der Waals surface area (Å²) in [5, 5.41) is 6.47. The summed E-state index contributed by atoms with van der Waals surface area (Å²) in [6.07, 6.45) is 5.29. The fourth-order valence-electron chi connectivity index (χ4n) is 2.97. The van der Waals surface area contributed by atoms with Crippen LogP contribution >= 0.6 is 0 Å². The second kappa shape index (κ2) is 5.25. The third kappa shape index (κ3) is 3.12. The van der Waals surface area contributed by atoms with Gasteiger partial charge in [-0.25, -0.2) is 4.79 Å². The van der Waals surface area contributed by atoms with Gasteiger partial charge < -0.3 is 15.5 Å². The summed E-state index contributed by atoms with van der Waals surface area (Å²) in [7, 11) is 0. The van der Waals surface area contributed by atoms with Crippen LogP contribution in [0.4, 0.5) is 4.79 Å². The van der Waals surface area contributed by atoms with Crippen LogP contribution in [0.3, 0.4) is 0 Å². The van der Waals surface area contributed by atoms with Gasteiger partial charge in [0.05, 0.1) is 0 Å². The standard InChI is InChI=1S/C13H25N3O/c1-13(2)6-4-3-5-11(13)14-7-9-16-10-8-15-12(16)17/h11,14H,3-10H2,1-2H3,(H,15,17). The molecule has 0 aromatic rings. The first-order chi connectivity index (χ1) is 8.09. The Hall–Kier alpha value is -0.770. The zero-order chi connectivity index (χ0) is 12.3. The maximum atomic E-state index is 11.4. The molecule has 4 nitrogen and oxygen atoms in total. The summed E-state index contributed by atoms with van der Waals surface area (Å²) in [6.45, 7) is 8.11. The maximum Gasteiger partial charge on any atom is 0.317 e. The molecule has 0 spiro atoms. The first-order valence-electron chi connectivity index (χ1n) is 6.86. The Morgan fingerprint density at radius 3 is 2.94 bits per heavy atom. The lowest BCUT2D eigenvalue weighted by Crippen LogP contribution is -2.47. The lowest BCUT2D eigenvalue weighted by Gasteiger charge is -2.39. The molecule has 0 aromatic carbocycles. The molecule has 2 amide bonds. The van der Waals surface area contributed by atoms with Crippen LogP contribution in [0.5, 0.6) is 0 Å². The van der Waals surface area contributed by atoms with E-state index in [1.165, 1.54) is 25.7 Å². The average molecular weight is 239 g/mol. The molecule has 17 heavy (non-hydrogen) atoms. The number of amides is 2. The highest BCUT2D eigenvalue weighted by Gasteiger charge is 2.31. The number of rotatable bonds is 4. The van der Waals surface area contributed by atoms with Crippen molar-refractivity contribution in [1.82, 2.24) is 15.5 Å². The van der Waals surface area contributed by atoms with Crippen molar-refractivity contribution >= 4 is 6.03 Å². The molecule has 1 saturated carbocycles. The molecule has 1 heterocycles. The fourth-order valence-corrected chi connectivity index (χ4v) is 2.97. The van der Waals surface area contributed by atoms with Gasteiger partial charge in [0, 0.05) is 32.2 Å². The second-order valence-corrected chi connectivity index (χ2v) is 5.96. The van der Waals surface area contributed by atoms with E-state index in [9.17, 15) is 4.79 Å². The number of nitrogens with one attached hydrogen (secondary N) is 2. The Labute approximate surface area is 104 Å². The van der Waals surface area contributed by atoms with Gasteiger partial charge in [0.1, 0.15) is 0 Å². The summed E-state index contributed by atoms with van der Waals surface area (Å²) in [5.74, 6) is 0. The van der Waals surface area contributed by atoms with E-state index < -0.39 is 0 Å². The van der Waals surface area contributed by atoms with Crippen molar-refractivity contribution in [3.63, 3.8) is 0 Å². The van der Waals surface area contributed by atoms with E-state index >= 15 is 0 Å². The molecule has 2 fully saturated rings. The molecule has 4 heteroatoms. The third-order valence-corrected chi connectivity index (χ3v) is 4.22. The van der Waals surface area contributed by atoms with Crippen LogP contribution in [-0.2, 0) is 0 Å². The third-order valence-electron chi connectivity index (χ3n) is 4.22. The molecule has 0 radical (unpaired) electrons. The number of nitrogens with zero attached hydrogens (tertiary/aromatic N) is 1. The van der Waals surface area contributed by atoms with Crippen molar-refractivity contribution in [3.05, 3.63) is 0 Å². The topological polar surface area (TPSA) is 44.4 Å². The Kier molecular flexibility index (Phi) is 3.92. The molecule has 1 aliphatic carbocycles. The fraction of sp³-hybridized carbons (Fsp3) is 0.923. The minimum Gasteiger partial charge on any atom is -0.336 e. The molecule has 2 N–H and O–H groups in total. The molecular formula is C13H25N3O. The maximum absolute atomic E-state index is 11.4. The number of carbonyl (C=O) groups excluding carboxylic acids is 1. The zero-order valence-corrected chi connectivity index (χ0v) is 11.1. The predicted molar refractivity (Wildman–Crippen MR) is 69.0 cm³/mol. The second-order valence-electron chi connectivity index (χ2n) is 5.96. The van der Waals surface area contributed by atoms with Crippen molar-refractivity contribution in [2.45, 2.75) is 45.6 Å². The van der Waals surface area contributed by atoms with Gasteiger partial charge in [-0.1, -0.05) is 26.7 Å². The molecule has 2 rings (SSSR count). The van der Waals surface area contributed by atoms with Crippen LogP contribution in [0.1, 0.15) is 39.5 Å². The van der Waals surface area contributed by atoms with Crippen LogP contribution in [0, 0.1) is 5.41 Å². The number of carbonyl (C=O) groups is 1. The van der Waals surface area contributed by atoms with Crippen molar-refractivity contribution in [2.24, 2.45) is 5.41 Å². The summed E-state index contributed by atoms with van der Waals surface area (Å²) >= 11 is 0. The van der Waals surface area contributed by atoms with E-state index in [1.807, 2.05) is 4.90 Å². The van der Waals surface area contributed by atoms with E-state index in [2.05, 4.69) is 24.5 Å². The average Bonchev–Trinajstić information content (AvgIpc) is 2.67. The molecule has 1 saturated heterocycles. The van der Waals surface area contributed by atoms with Crippen LogP contribution in [0.15, 0.2) is 0 Å². The van der Waals surface area contributed by atoms with Crippen molar-refractivity contribution in [1.29, 1.82) is 0 Å². The Balaban J connectivity index is 1.72. The largest absolute Gasteiger partial charge is 0.336 e. The SMILES string of the molecule is CC1(C)CCCCC1NCCN1CCNC1=O. The van der Waals surface area contributed by atoms with Crippen LogP contribution < -0.4 is 10.6 Å². The normalized spacial score (nSPS) is 28.2. The number of hydrogen-bond acceptors (Lipinski definition) is 2. The van der Waals surface area contributed by atoms with Gasteiger partial charge >= 0.3 is 6.03 Å². The summed E-state index contributed by atoms with van der Waals surface area (Å²) in [4.78, 5) is 13.3. The Morgan fingerprint density at radius 1 is 1.47 bits per heavy atom. The Morgan fingerprint density at radius 2 is 2.29 bits per heavy atom. The lowest BCUT2D eigenvalue weighted by molar-refractivity contribution is 0.164. The summed E-state index contributed by atoms with van der Waals surface area (Å²) in [5.41, 5.74) is 0.408. The van der Waals surface area contributed by atoms with Crippen LogP contribution in [0.25, 0.3) is 0 Å². The quantitative estimate of drug-likeness (QED) is 0.782. The highest BCUT2D eigenvalue weighted by Crippen LogP contribution is 2.35. The van der Waals surface area contributed by atoms with Crippen LogP contribution in [-0.4, -0.2) is 43.2 Å². The molecule has 1 aliphatic heterocycles. The Bertz CT molecular complexity index is 278. The smallest absolute Gasteiger partial charge is 0.317 e. The summed E-state index contributed by atoms with van der Waals surface area (Å²) < 4.78 is 0. The van der Waals surface area contributed by atoms with E-state index in [0.717, 1.165) is 26.2 Å². The monoisotopic (exact) mass is 239 g/mol. The molecule has 1 unspecified atom stereocenters. The van der Waals surface area contributed by atoms with Gasteiger partial charge in [-0.15, -0.1) is 0 Å². The molecule has 0 bridgehead atoms. The van der Waals surface area contributed by atoms with Gasteiger partial charge in [-0.2, -0.15) is 0 Å². The summed E-state index contributed by atoms with van der Waals surface area (Å²) in [6, 6.07) is 0.705. The van der Waals surface area contributed by atoms with Crippen molar-refractivity contribution in [3.8, 4) is 0 Å². The van der Waals surface area contributed by atoms with Crippen molar-refractivity contribution in [2.75, 3.05) is 26.2 Å². The van der Waals surface area contributed by atoms with E-state index in [-0.39, 0.29) is 6.03 Å². The minimum atomic E-state index is 0.0923. The highest BCUT2D eigenvalue weighted by molar-refractivity contribution is 5.76. The molecule has 0 aromatic heterocycles.